The van der Waals surface area contributed by atoms with Crippen molar-refractivity contribution in [2.45, 2.75) is 5.75 Å². The van der Waals surface area contributed by atoms with E-state index in [9.17, 15) is 9.18 Å². The van der Waals surface area contributed by atoms with Gasteiger partial charge in [-0.05, 0) is 35.9 Å². The summed E-state index contributed by atoms with van der Waals surface area (Å²) in [5.74, 6) is 1.13. The van der Waals surface area contributed by atoms with Gasteiger partial charge >= 0.3 is 0 Å². The molecule has 144 valence electrons. The lowest BCUT2D eigenvalue weighted by Gasteiger charge is -2.12. The Balaban J connectivity index is 1.55. The molecule has 0 bridgehead atoms. The summed E-state index contributed by atoms with van der Waals surface area (Å²) in [7, 11) is 1.52. The topological polar surface area (TPSA) is 60.5 Å². The van der Waals surface area contributed by atoms with E-state index in [0.29, 0.717) is 22.9 Å². The predicted octanol–water partition coefficient (Wildman–Crippen LogP) is 4.89. The fourth-order valence-corrected chi connectivity index (χ4v) is 3.19. The first-order valence-electron chi connectivity index (χ1n) is 8.52. The minimum atomic E-state index is -0.577. The number of nitrogens with one attached hydrogen (secondary N) is 1. The first kappa shape index (κ1) is 19.7. The Morgan fingerprint density at radius 1 is 1.11 bits per heavy atom. The third-order valence-corrected chi connectivity index (χ3v) is 4.73. The van der Waals surface area contributed by atoms with Crippen LogP contribution in [0.25, 0.3) is 0 Å². The largest absolute Gasteiger partial charge is 0.493 e. The van der Waals surface area contributed by atoms with E-state index in [1.807, 2.05) is 12.1 Å². The van der Waals surface area contributed by atoms with Crippen LogP contribution >= 0.6 is 11.8 Å². The molecule has 28 heavy (non-hydrogen) atoms. The number of hydrogen-bond acceptors (Lipinski definition) is 5. The maximum Gasteiger partial charge on any atom is 0.234 e. The van der Waals surface area contributed by atoms with Crippen molar-refractivity contribution >= 4 is 23.4 Å². The molecule has 1 N–H and O–H groups in total. The average Bonchev–Trinajstić information content (AvgIpc) is 2.71. The minimum absolute atomic E-state index is 0.0495. The number of aromatic nitrogens is 1. The standard InChI is InChI=1S/C21H19FN2O3S/c1-26-19-6-2-3-7-20(19)27-18-9-8-16(11-17(18)22)24-21(25)14-28-13-15-5-4-10-23-12-15/h2-12H,13-14H2,1H3,(H,24,25). The summed E-state index contributed by atoms with van der Waals surface area (Å²) in [6.45, 7) is 0. The van der Waals surface area contributed by atoms with Gasteiger partial charge in [0.25, 0.3) is 0 Å². The number of benzene rings is 2. The third kappa shape index (κ3) is 5.47. The number of thioether (sulfide) groups is 1. The van der Waals surface area contributed by atoms with Crippen LogP contribution in [0.5, 0.6) is 17.2 Å². The van der Waals surface area contributed by atoms with Crippen molar-refractivity contribution < 1.29 is 18.7 Å². The molecule has 1 aromatic heterocycles. The van der Waals surface area contributed by atoms with Crippen LogP contribution in [0.1, 0.15) is 5.56 Å². The monoisotopic (exact) mass is 398 g/mol. The molecule has 0 aliphatic heterocycles. The molecule has 0 fully saturated rings. The summed E-state index contributed by atoms with van der Waals surface area (Å²) in [5, 5.41) is 2.69. The minimum Gasteiger partial charge on any atom is -0.493 e. The molecule has 0 aliphatic rings. The van der Waals surface area contributed by atoms with Crippen LogP contribution in [0.4, 0.5) is 10.1 Å². The number of pyridine rings is 1. The predicted molar refractivity (Wildman–Crippen MR) is 108 cm³/mol. The lowest BCUT2D eigenvalue weighted by molar-refractivity contribution is -0.113. The Kier molecular flexibility index (Phi) is 6.86. The van der Waals surface area contributed by atoms with Crippen molar-refractivity contribution in [1.82, 2.24) is 4.98 Å². The van der Waals surface area contributed by atoms with Crippen molar-refractivity contribution in [2.75, 3.05) is 18.2 Å². The fourth-order valence-electron chi connectivity index (χ4n) is 2.43. The summed E-state index contributed by atoms with van der Waals surface area (Å²) in [4.78, 5) is 16.1. The van der Waals surface area contributed by atoms with Gasteiger partial charge in [0, 0.05) is 29.9 Å². The number of hydrogen-bond donors (Lipinski definition) is 1. The van der Waals surface area contributed by atoms with Crippen LogP contribution in [0.3, 0.4) is 0 Å². The van der Waals surface area contributed by atoms with Crippen LogP contribution in [0.2, 0.25) is 0 Å². The Morgan fingerprint density at radius 3 is 2.64 bits per heavy atom. The number of carbonyl (C=O) groups excluding carboxylic acids is 1. The van der Waals surface area contributed by atoms with Gasteiger partial charge in [0.1, 0.15) is 0 Å². The first-order chi connectivity index (χ1) is 13.7. The van der Waals surface area contributed by atoms with Crippen molar-refractivity contribution in [3.05, 3.63) is 78.4 Å². The molecule has 0 saturated carbocycles. The summed E-state index contributed by atoms with van der Waals surface area (Å²) in [6.07, 6.45) is 3.47. The smallest absolute Gasteiger partial charge is 0.234 e. The molecule has 0 unspecified atom stereocenters. The molecular formula is C21H19FN2O3S. The Hall–Kier alpha value is -3.06. The van der Waals surface area contributed by atoms with Gasteiger partial charge in [-0.25, -0.2) is 4.39 Å². The second-order valence-corrected chi connectivity index (χ2v) is 6.79. The zero-order chi connectivity index (χ0) is 19.8. The van der Waals surface area contributed by atoms with Gasteiger partial charge in [0.05, 0.1) is 12.9 Å². The van der Waals surface area contributed by atoms with Crippen LogP contribution < -0.4 is 14.8 Å². The van der Waals surface area contributed by atoms with E-state index >= 15 is 0 Å². The van der Waals surface area contributed by atoms with E-state index < -0.39 is 5.82 Å². The van der Waals surface area contributed by atoms with E-state index in [-0.39, 0.29) is 17.4 Å². The quantitative estimate of drug-likeness (QED) is 0.585. The Morgan fingerprint density at radius 2 is 1.93 bits per heavy atom. The summed E-state index contributed by atoms with van der Waals surface area (Å²) in [5.41, 5.74) is 1.42. The number of para-hydroxylation sites is 2. The van der Waals surface area contributed by atoms with Gasteiger partial charge in [-0.2, -0.15) is 0 Å². The molecule has 5 nitrogen and oxygen atoms in total. The van der Waals surface area contributed by atoms with E-state index in [1.165, 1.54) is 31.0 Å². The average molecular weight is 398 g/mol. The number of amides is 1. The number of methoxy groups -OCH3 is 1. The molecule has 0 saturated heterocycles. The summed E-state index contributed by atoms with van der Waals surface area (Å²) < 4.78 is 25.1. The second-order valence-electron chi connectivity index (χ2n) is 5.80. The molecule has 3 aromatic rings. The van der Waals surface area contributed by atoms with Crippen molar-refractivity contribution in [3.63, 3.8) is 0 Å². The molecule has 0 radical (unpaired) electrons. The molecule has 2 aromatic carbocycles. The lowest BCUT2D eigenvalue weighted by Crippen LogP contribution is -2.14. The van der Waals surface area contributed by atoms with Gasteiger partial charge in [-0.15, -0.1) is 11.8 Å². The van der Waals surface area contributed by atoms with Gasteiger partial charge in [0.15, 0.2) is 23.1 Å². The molecule has 0 aliphatic carbocycles. The number of anilines is 1. The van der Waals surface area contributed by atoms with Crippen molar-refractivity contribution in [3.8, 4) is 17.2 Å². The van der Waals surface area contributed by atoms with Gasteiger partial charge in [-0.3, -0.25) is 9.78 Å². The molecule has 0 atom stereocenters. The SMILES string of the molecule is COc1ccccc1Oc1ccc(NC(=O)CSCc2cccnc2)cc1F. The molecule has 3 rings (SSSR count). The first-order valence-corrected chi connectivity index (χ1v) is 9.68. The van der Waals surface area contributed by atoms with Crippen LogP contribution in [0, 0.1) is 5.82 Å². The number of rotatable bonds is 8. The van der Waals surface area contributed by atoms with E-state index in [2.05, 4.69) is 10.3 Å². The van der Waals surface area contributed by atoms with E-state index in [4.69, 9.17) is 9.47 Å². The lowest BCUT2D eigenvalue weighted by atomic mass is 10.2. The van der Waals surface area contributed by atoms with Gasteiger partial charge < -0.3 is 14.8 Å². The number of halogens is 1. The fraction of sp³-hybridized carbons (Fsp3) is 0.143. The van der Waals surface area contributed by atoms with Gasteiger partial charge in [0.2, 0.25) is 5.91 Å². The number of ether oxygens (including phenoxy) is 2. The Labute approximate surface area is 166 Å². The summed E-state index contributed by atoms with van der Waals surface area (Å²) in [6, 6.07) is 15.1. The summed E-state index contributed by atoms with van der Waals surface area (Å²) >= 11 is 1.46. The maximum atomic E-state index is 14.4. The number of nitrogens with zero attached hydrogens (tertiary/aromatic N) is 1. The van der Waals surface area contributed by atoms with Crippen LogP contribution in [0.15, 0.2) is 67.0 Å². The highest BCUT2D eigenvalue weighted by Crippen LogP contribution is 2.33. The second kappa shape index (κ2) is 9.75. The highest BCUT2D eigenvalue weighted by molar-refractivity contribution is 7.99. The van der Waals surface area contributed by atoms with Crippen LogP contribution in [-0.4, -0.2) is 23.8 Å². The molecule has 1 amide bonds. The zero-order valence-corrected chi connectivity index (χ0v) is 16.0. The highest BCUT2D eigenvalue weighted by Gasteiger charge is 2.11. The van der Waals surface area contributed by atoms with Crippen molar-refractivity contribution in [1.29, 1.82) is 0 Å². The van der Waals surface area contributed by atoms with E-state index in [0.717, 1.165) is 5.56 Å². The van der Waals surface area contributed by atoms with Crippen molar-refractivity contribution in [2.24, 2.45) is 0 Å². The third-order valence-electron chi connectivity index (χ3n) is 3.73. The number of carbonyl (C=O) groups is 1. The Bertz CT molecular complexity index is 938. The molecule has 7 heteroatoms. The highest BCUT2D eigenvalue weighted by atomic mass is 32.2. The van der Waals surface area contributed by atoms with Gasteiger partial charge in [-0.1, -0.05) is 18.2 Å². The molecular weight excluding hydrogens is 379 g/mol. The molecule has 0 spiro atoms. The van der Waals surface area contributed by atoms with Crippen LogP contribution in [-0.2, 0) is 10.5 Å². The molecule has 1 heterocycles. The maximum absolute atomic E-state index is 14.4. The normalized spacial score (nSPS) is 10.4. The van der Waals surface area contributed by atoms with E-state index in [1.54, 1.807) is 42.7 Å². The zero-order valence-electron chi connectivity index (χ0n) is 15.2.